The van der Waals surface area contributed by atoms with Crippen LogP contribution in [0.15, 0.2) is 28.7 Å². The van der Waals surface area contributed by atoms with Crippen molar-refractivity contribution in [3.8, 4) is 0 Å². The fraction of sp³-hybridized carbons (Fsp3) is 0.375. The van der Waals surface area contributed by atoms with Gasteiger partial charge in [-0.15, -0.1) is 0 Å². The number of carboxylic acids is 1. The zero-order valence-corrected chi connectivity index (χ0v) is 12.0. The first-order valence-corrected chi connectivity index (χ1v) is 6.76. The van der Waals surface area contributed by atoms with Gasteiger partial charge < -0.3 is 9.52 Å². The van der Waals surface area contributed by atoms with E-state index in [0.717, 1.165) is 6.42 Å². The van der Waals surface area contributed by atoms with Crippen molar-refractivity contribution in [1.29, 1.82) is 0 Å². The molecule has 2 rings (SSSR count). The minimum absolute atomic E-state index is 0.0285. The van der Waals surface area contributed by atoms with Gasteiger partial charge in [0.05, 0.1) is 5.69 Å². The van der Waals surface area contributed by atoms with E-state index in [0.29, 0.717) is 18.0 Å². The first kappa shape index (κ1) is 14.3. The first-order valence-electron chi connectivity index (χ1n) is 6.76. The van der Waals surface area contributed by atoms with Gasteiger partial charge in [-0.05, 0) is 24.8 Å². The van der Waals surface area contributed by atoms with Crippen molar-refractivity contribution in [2.45, 2.75) is 39.5 Å². The molecule has 4 heteroatoms. The number of hydrogen-bond donors (Lipinski definition) is 1. The molecule has 1 aromatic heterocycles. The van der Waals surface area contributed by atoms with Gasteiger partial charge in [0.15, 0.2) is 5.89 Å². The highest BCUT2D eigenvalue weighted by molar-refractivity contribution is 5.85. The van der Waals surface area contributed by atoms with Gasteiger partial charge in [-0.2, -0.15) is 0 Å². The second kappa shape index (κ2) is 5.90. The van der Waals surface area contributed by atoms with Crippen molar-refractivity contribution in [1.82, 2.24) is 4.98 Å². The van der Waals surface area contributed by atoms with Crippen LogP contribution in [-0.4, -0.2) is 16.1 Å². The van der Waals surface area contributed by atoms with Gasteiger partial charge in [0.2, 0.25) is 5.76 Å². The lowest BCUT2D eigenvalue weighted by Gasteiger charge is -2.00. The van der Waals surface area contributed by atoms with Crippen molar-refractivity contribution in [2.24, 2.45) is 0 Å². The molecule has 1 N–H and O–H groups in total. The normalized spacial score (nSPS) is 11.0. The average molecular weight is 273 g/mol. The van der Waals surface area contributed by atoms with Crippen molar-refractivity contribution in [3.63, 3.8) is 0 Å². The Labute approximate surface area is 118 Å². The number of benzene rings is 1. The van der Waals surface area contributed by atoms with E-state index in [2.05, 4.69) is 17.1 Å². The number of aromatic nitrogens is 1. The summed E-state index contributed by atoms with van der Waals surface area (Å²) in [7, 11) is 0. The van der Waals surface area contributed by atoms with Gasteiger partial charge in [0.1, 0.15) is 0 Å². The van der Waals surface area contributed by atoms with Crippen LogP contribution in [0, 0.1) is 6.92 Å². The lowest BCUT2D eigenvalue weighted by Crippen LogP contribution is -2.01. The Hall–Kier alpha value is -2.10. The van der Waals surface area contributed by atoms with E-state index in [1.807, 2.05) is 32.9 Å². The Balaban J connectivity index is 2.14. The third kappa shape index (κ3) is 3.26. The maximum atomic E-state index is 11.1. The van der Waals surface area contributed by atoms with Crippen LogP contribution in [-0.2, 0) is 12.8 Å². The molecule has 1 heterocycles. The monoisotopic (exact) mass is 273 g/mol. The molecule has 0 unspecified atom stereocenters. The SMILES string of the molecule is Cc1cccc(CCc2nc(C(C)C)c(C(=O)O)o2)c1. The zero-order chi connectivity index (χ0) is 14.7. The summed E-state index contributed by atoms with van der Waals surface area (Å²) in [6.45, 7) is 5.87. The van der Waals surface area contributed by atoms with E-state index in [1.54, 1.807) is 0 Å². The molecule has 0 atom stereocenters. The third-order valence-electron chi connectivity index (χ3n) is 3.15. The summed E-state index contributed by atoms with van der Waals surface area (Å²) in [5, 5.41) is 9.12. The fourth-order valence-corrected chi connectivity index (χ4v) is 2.15. The van der Waals surface area contributed by atoms with Crippen LogP contribution in [0.25, 0.3) is 0 Å². The molecule has 0 aliphatic carbocycles. The van der Waals surface area contributed by atoms with Crippen LogP contribution in [0.4, 0.5) is 0 Å². The first-order chi connectivity index (χ1) is 9.47. The molecule has 20 heavy (non-hydrogen) atoms. The van der Waals surface area contributed by atoms with Crippen LogP contribution >= 0.6 is 0 Å². The minimum Gasteiger partial charge on any atom is -0.475 e. The fourth-order valence-electron chi connectivity index (χ4n) is 2.15. The summed E-state index contributed by atoms with van der Waals surface area (Å²) in [4.78, 5) is 15.4. The number of aryl methyl sites for hydroxylation is 3. The highest BCUT2D eigenvalue weighted by Crippen LogP contribution is 2.21. The second-order valence-electron chi connectivity index (χ2n) is 5.27. The predicted octanol–water partition coefficient (Wildman–Crippen LogP) is 3.59. The Kier molecular flexibility index (Phi) is 4.23. The van der Waals surface area contributed by atoms with Crippen LogP contribution in [0.2, 0.25) is 0 Å². The number of rotatable bonds is 5. The van der Waals surface area contributed by atoms with E-state index in [1.165, 1.54) is 11.1 Å². The lowest BCUT2D eigenvalue weighted by molar-refractivity contribution is 0.0658. The lowest BCUT2D eigenvalue weighted by atomic mass is 10.1. The molecule has 0 saturated heterocycles. The minimum atomic E-state index is -1.05. The topological polar surface area (TPSA) is 63.3 Å². The summed E-state index contributed by atoms with van der Waals surface area (Å²) >= 11 is 0. The molecule has 0 aliphatic heterocycles. The van der Waals surface area contributed by atoms with E-state index < -0.39 is 5.97 Å². The number of nitrogens with zero attached hydrogens (tertiary/aromatic N) is 1. The van der Waals surface area contributed by atoms with E-state index in [-0.39, 0.29) is 11.7 Å². The average Bonchev–Trinajstić information content (AvgIpc) is 2.81. The van der Waals surface area contributed by atoms with Gasteiger partial charge in [0, 0.05) is 6.42 Å². The number of carbonyl (C=O) groups is 1. The smallest absolute Gasteiger partial charge is 0.373 e. The molecule has 0 radical (unpaired) electrons. The maximum Gasteiger partial charge on any atom is 0.373 e. The molecule has 2 aromatic rings. The van der Waals surface area contributed by atoms with Crippen molar-refractivity contribution in [3.05, 3.63) is 52.7 Å². The van der Waals surface area contributed by atoms with Crippen LogP contribution in [0.5, 0.6) is 0 Å². The number of hydrogen-bond acceptors (Lipinski definition) is 3. The van der Waals surface area contributed by atoms with Gasteiger partial charge in [0.25, 0.3) is 0 Å². The Bertz CT molecular complexity index is 614. The van der Waals surface area contributed by atoms with Crippen LogP contribution < -0.4 is 0 Å². The zero-order valence-electron chi connectivity index (χ0n) is 12.0. The van der Waals surface area contributed by atoms with Crippen molar-refractivity contribution >= 4 is 5.97 Å². The number of oxazole rings is 1. The molecule has 0 spiro atoms. The second-order valence-corrected chi connectivity index (χ2v) is 5.27. The summed E-state index contributed by atoms with van der Waals surface area (Å²) < 4.78 is 5.38. The summed E-state index contributed by atoms with van der Waals surface area (Å²) in [5.74, 6) is -0.549. The predicted molar refractivity (Wildman–Crippen MR) is 76.1 cm³/mol. The quantitative estimate of drug-likeness (QED) is 0.904. The van der Waals surface area contributed by atoms with Crippen molar-refractivity contribution < 1.29 is 14.3 Å². The molecular formula is C16H19NO3. The van der Waals surface area contributed by atoms with E-state index in [9.17, 15) is 4.79 Å². The summed E-state index contributed by atoms with van der Waals surface area (Å²) in [5.41, 5.74) is 2.94. The maximum absolute atomic E-state index is 11.1. The van der Waals surface area contributed by atoms with Crippen molar-refractivity contribution in [2.75, 3.05) is 0 Å². The highest BCUT2D eigenvalue weighted by atomic mass is 16.4. The standard InChI is InChI=1S/C16H19NO3/c1-10(2)14-15(16(18)19)20-13(17-14)8-7-12-6-4-5-11(3)9-12/h4-6,9-10H,7-8H2,1-3H3,(H,18,19). The molecule has 0 fully saturated rings. The van der Waals surface area contributed by atoms with Crippen LogP contribution in [0.3, 0.4) is 0 Å². The Morgan fingerprint density at radius 2 is 2.10 bits per heavy atom. The molecule has 4 nitrogen and oxygen atoms in total. The van der Waals surface area contributed by atoms with E-state index in [4.69, 9.17) is 9.52 Å². The highest BCUT2D eigenvalue weighted by Gasteiger charge is 2.21. The molecule has 0 bridgehead atoms. The summed E-state index contributed by atoms with van der Waals surface area (Å²) in [6.07, 6.45) is 1.40. The molecule has 0 aliphatic rings. The number of aromatic carboxylic acids is 1. The summed E-state index contributed by atoms with van der Waals surface area (Å²) in [6, 6.07) is 8.23. The van der Waals surface area contributed by atoms with Gasteiger partial charge in [-0.3, -0.25) is 0 Å². The Morgan fingerprint density at radius 3 is 2.65 bits per heavy atom. The van der Waals surface area contributed by atoms with Gasteiger partial charge in [-0.25, -0.2) is 9.78 Å². The number of carboxylic acid groups (broad SMARTS) is 1. The molecule has 0 saturated carbocycles. The molecule has 1 aromatic carbocycles. The third-order valence-corrected chi connectivity index (χ3v) is 3.15. The molecule has 0 amide bonds. The Morgan fingerprint density at radius 1 is 1.35 bits per heavy atom. The molecular weight excluding hydrogens is 254 g/mol. The van der Waals surface area contributed by atoms with Gasteiger partial charge >= 0.3 is 5.97 Å². The van der Waals surface area contributed by atoms with Crippen LogP contribution in [0.1, 0.15) is 53.0 Å². The van der Waals surface area contributed by atoms with Gasteiger partial charge in [-0.1, -0.05) is 43.7 Å². The molecule has 106 valence electrons. The van der Waals surface area contributed by atoms with E-state index >= 15 is 0 Å². The largest absolute Gasteiger partial charge is 0.475 e.